The largest absolute Gasteiger partial charge is 0.493 e. The number of benzene rings is 1. The first-order chi connectivity index (χ1) is 15.3. The van der Waals surface area contributed by atoms with E-state index in [0.29, 0.717) is 12.6 Å². The highest BCUT2D eigenvalue weighted by Gasteiger charge is 2.45. The second-order valence-corrected chi connectivity index (χ2v) is 10.4. The van der Waals surface area contributed by atoms with Crippen LogP contribution in [0.1, 0.15) is 64.9 Å². The van der Waals surface area contributed by atoms with Crippen molar-refractivity contribution in [1.82, 2.24) is 15.5 Å². The molecule has 2 heterocycles. The van der Waals surface area contributed by atoms with Crippen LogP contribution in [0, 0.1) is 5.92 Å². The molecule has 0 aromatic heterocycles. The van der Waals surface area contributed by atoms with Gasteiger partial charge in [0.25, 0.3) is 0 Å². The van der Waals surface area contributed by atoms with Crippen molar-refractivity contribution in [3.8, 4) is 5.75 Å². The molecule has 1 amide bonds. The van der Waals surface area contributed by atoms with Crippen LogP contribution in [0.25, 0.3) is 0 Å². The average Bonchev–Trinajstić information content (AvgIpc) is 3.52. The van der Waals surface area contributed by atoms with Gasteiger partial charge in [-0.05, 0) is 71.3 Å². The molecule has 2 atom stereocenters. The number of amides is 1. The Morgan fingerprint density at radius 3 is 2.39 bits per heavy atom. The summed E-state index contributed by atoms with van der Waals surface area (Å²) in [6.45, 7) is 7.23. The molecule has 0 radical (unpaired) electrons. The molecular weight excluding hydrogens is 531 g/mol. The van der Waals surface area contributed by atoms with Crippen LogP contribution in [0.3, 0.4) is 0 Å². The van der Waals surface area contributed by atoms with E-state index in [1.54, 1.807) is 7.05 Å². The fraction of sp³-hybridized carbons (Fsp3) is 0.680. The molecule has 4 rings (SSSR count). The zero-order valence-electron chi connectivity index (χ0n) is 20.3. The fourth-order valence-corrected chi connectivity index (χ4v) is 4.76. The number of piperidine rings is 1. The van der Waals surface area contributed by atoms with Crippen molar-refractivity contribution in [2.75, 3.05) is 13.7 Å². The van der Waals surface area contributed by atoms with E-state index in [1.165, 1.54) is 12.8 Å². The Morgan fingerprint density at radius 2 is 1.79 bits per heavy atom. The molecule has 2 aliphatic heterocycles. The summed E-state index contributed by atoms with van der Waals surface area (Å²) < 4.78 is 11.7. The molecule has 1 aromatic carbocycles. The van der Waals surface area contributed by atoms with Gasteiger partial charge in [-0.2, -0.15) is 0 Å². The van der Waals surface area contributed by atoms with Crippen molar-refractivity contribution in [3.63, 3.8) is 0 Å². The van der Waals surface area contributed by atoms with Crippen LogP contribution in [0.4, 0.5) is 4.79 Å². The number of carbonyl (C=O) groups is 1. The van der Waals surface area contributed by atoms with E-state index in [0.717, 1.165) is 55.5 Å². The molecule has 33 heavy (non-hydrogen) atoms. The van der Waals surface area contributed by atoms with E-state index in [9.17, 15) is 4.79 Å². The SMILES string of the molecule is CN=C(NCc1ccccc1OCC1CC1)NC1CC2CCC(C1)N2C(=O)OC(C)(C)C.I. The molecule has 0 spiro atoms. The number of halogens is 1. The van der Waals surface area contributed by atoms with Gasteiger partial charge in [-0.25, -0.2) is 4.79 Å². The fourth-order valence-electron chi connectivity index (χ4n) is 4.76. The van der Waals surface area contributed by atoms with Gasteiger partial charge in [0.05, 0.1) is 6.61 Å². The van der Waals surface area contributed by atoms with Gasteiger partial charge in [-0.15, -0.1) is 24.0 Å². The predicted octanol–water partition coefficient (Wildman–Crippen LogP) is 4.69. The molecule has 184 valence electrons. The number of guanidine groups is 1. The lowest BCUT2D eigenvalue weighted by Gasteiger charge is -2.40. The molecule has 1 aliphatic carbocycles. The zero-order valence-corrected chi connectivity index (χ0v) is 22.6. The van der Waals surface area contributed by atoms with Crippen LogP contribution in [0.15, 0.2) is 29.3 Å². The van der Waals surface area contributed by atoms with E-state index >= 15 is 0 Å². The Balaban J connectivity index is 0.00000306. The number of fused-ring (bicyclic) bond motifs is 2. The number of aliphatic imine (C=N–C) groups is 1. The van der Waals surface area contributed by atoms with Crippen LogP contribution in [0.2, 0.25) is 0 Å². The lowest BCUT2D eigenvalue weighted by atomic mass is 9.98. The van der Waals surface area contributed by atoms with Crippen LogP contribution in [-0.4, -0.2) is 54.3 Å². The maximum atomic E-state index is 12.7. The Morgan fingerprint density at radius 1 is 1.12 bits per heavy atom. The average molecular weight is 571 g/mol. The standard InChI is InChI=1S/C25H38N4O3.HI/c1-25(2,3)32-24(30)29-20-11-12-21(29)14-19(13-20)28-23(26-4)27-15-18-7-5-6-8-22(18)31-16-17-9-10-17;/h5-8,17,19-21H,9-16H2,1-4H3,(H2,26,27,28);1H. The Bertz CT molecular complexity index is 823. The summed E-state index contributed by atoms with van der Waals surface area (Å²) in [6.07, 6.45) is 6.31. The monoisotopic (exact) mass is 570 g/mol. The molecule has 2 N–H and O–H groups in total. The highest BCUT2D eigenvalue weighted by molar-refractivity contribution is 14.0. The smallest absolute Gasteiger partial charge is 0.410 e. The molecule has 3 fully saturated rings. The molecule has 1 saturated carbocycles. The Labute approximate surface area is 215 Å². The van der Waals surface area contributed by atoms with Crippen molar-refractivity contribution in [1.29, 1.82) is 0 Å². The molecule has 2 unspecified atom stereocenters. The van der Waals surface area contributed by atoms with E-state index in [1.807, 2.05) is 43.9 Å². The van der Waals surface area contributed by atoms with Crippen molar-refractivity contribution >= 4 is 36.0 Å². The molecular formula is C25H39IN4O3. The van der Waals surface area contributed by atoms with Crippen LogP contribution < -0.4 is 15.4 Å². The predicted molar refractivity (Wildman–Crippen MR) is 141 cm³/mol. The molecule has 2 saturated heterocycles. The minimum atomic E-state index is -0.462. The lowest BCUT2D eigenvalue weighted by molar-refractivity contribution is 0.00545. The topological polar surface area (TPSA) is 75.2 Å². The second-order valence-electron chi connectivity index (χ2n) is 10.4. The molecule has 8 heteroatoms. The second kappa shape index (κ2) is 11.1. The van der Waals surface area contributed by atoms with Crippen molar-refractivity contribution in [3.05, 3.63) is 29.8 Å². The number of hydrogen-bond acceptors (Lipinski definition) is 4. The van der Waals surface area contributed by atoms with Gasteiger partial charge < -0.3 is 25.0 Å². The summed E-state index contributed by atoms with van der Waals surface area (Å²) in [5.74, 6) is 2.47. The Hall–Kier alpha value is -1.71. The van der Waals surface area contributed by atoms with Gasteiger partial charge in [-0.3, -0.25) is 4.99 Å². The summed E-state index contributed by atoms with van der Waals surface area (Å²) in [5, 5.41) is 7.03. The summed E-state index contributed by atoms with van der Waals surface area (Å²) in [6, 6.07) is 8.96. The molecule has 7 nitrogen and oxygen atoms in total. The van der Waals surface area contributed by atoms with Crippen molar-refractivity contribution < 1.29 is 14.3 Å². The minimum absolute atomic E-state index is 0. The van der Waals surface area contributed by atoms with E-state index < -0.39 is 5.60 Å². The van der Waals surface area contributed by atoms with Crippen LogP contribution >= 0.6 is 24.0 Å². The number of nitrogens with one attached hydrogen (secondary N) is 2. The normalized spacial score (nSPS) is 24.7. The quantitative estimate of drug-likeness (QED) is 0.295. The Kier molecular flexibility index (Phi) is 8.75. The van der Waals surface area contributed by atoms with Gasteiger partial charge in [0.15, 0.2) is 5.96 Å². The number of para-hydroxylation sites is 1. The zero-order chi connectivity index (χ0) is 22.7. The van der Waals surface area contributed by atoms with E-state index in [4.69, 9.17) is 9.47 Å². The number of ether oxygens (including phenoxy) is 2. The van der Waals surface area contributed by atoms with Gasteiger partial charge in [0.2, 0.25) is 0 Å². The number of carbonyl (C=O) groups excluding carboxylic acids is 1. The first-order valence-corrected chi connectivity index (χ1v) is 12.0. The van der Waals surface area contributed by atoms with E-state index in [-0.39, 0.29) is 42.2 Å². The summed E-state index contributed by atoms with van der Waals surface area (Å²) in [5.41, 5.74) is 0.673. The summed E-state index contributed by atoms with van der Waals surface area (Å²) in [4.78, 5) is 19.1. The third kappa shape index (κ3) is 7.13. The van der Waals surface area contributed by atoms with Gasteiger partial charge in [0.1, 0.15) is 11.4 Å². The summed E-state index contributed by atoms with van der Waals surface area (Å²) in [7, 11) is 1.80. The highest BCUT2D eigenvalue weighted by Crippen LogP contribution is 2.37. The maximum absolute atomic E-state index is 12.7. The number of hydrogen-bond donors (Lipinski definition) is 2. The van der Waals surface area contributed by atoms with Gasteiger partial charge in [-0.1, -0.05) is 18.2 Å². The van der Waals surface area contributed by atoms with Crippen LogP contribution in [-0.2, 0) is 11.3 Å². The van der Waals surface area contributed by atoms with Crippen molar-refractivity contribution in [2.24, 2.45) is 10.9 Å². The first kappa shape index (κ1) is 25.9. The summed E-state index contributed by atoms with van der Waals surface area (Å²) >= 11 is 0. The third-order valence-corrected chi connectivity index (χ3v) is 6.49. The van der Waals surface area contributed by atoms with Crippen LogP contribution in [0.5, 0.6) is 5.75 Å². The minimum Gasteiger partial charge on any atom is -0.493 e. The van der Waals surface area contributed by atoms with E-state index in [2.05, 4.69) is 21.7 Å². The third-order valence-electron chi connectivity index (χ3n) is 6.49. The first-order valence-electron chi connectivity index (χ1n) is 12.0. The van der Waals surface area contributed by atoms with Gasteiger partial charge >= 0.3 is 6.09 Å². The highest BCUT2D eigenvalue weighted by atomic mass is 127. The van der Waals surface area contributed by atoms with Crippen molar-refractivity contribution in [2.45, 2.75) is 89.6 Å². The lowest BCUT2D eigenvalue weighted by Crippen LogP contribution is -2.54. The number of rotatable bonds is 6. The van der Waals surface area contributed by atoms with Gasteiger partial charge in [0, 0.05) is 37.3 Å². The molecule has 3 aliphatic rings. The number of nitrogens with zero attached hydrogens (tertiary/aromatic N) is 2. The maximum Gasteiger partial charge on any atom is 0.410 e. The molecule has 1 aromatic rings. The molecule has 2 bridgehead atoms.